The van der Waals surface area contributed by atoms with E-state index in [9.17, 15) is 39.6 Å². The molecule has 204 valence electrons. The van der Waals surface area contributed by atoms with Gasteiger partial charge in [-0.25, -0.2) is 13.4 Å². The van der Waals surface area contributed by atoms with Crippen molar-refractivity contribution in [1.29, 1.82) is 0 Å². The van der Waals surface area contributed by atoms with Gasteiger partial charge in [-0.2, -0.15) is 31.1 Å². The van der Waals surface area contributed by atoms with Gasteiger partial charge in [-0.15, -0.1) is 0 Å². The highest BCUT2D eigenvalue weighted by Crippen LogP contribution is 2.50. The normalized spacial score (nSPS) is 18.3. The number of benzene rings is 1. The topological polar surface area (TPSA) is 107 Å². The van der Waals surface area contributed by atoms with Crippen molar-refractivity contribution in [3.05, 3.63) is 47.7 Å². The van der Waals surface area contributed by atoms with Crippen LogP contribution in [-0.2, 0) is 16.2 Å². The Bertz CT molecular complexity index is 1520. The van der Waals surface area contributed by atoms with Crippen LogP contribution >= 0.6 is 0 Å². The molecule has 2 aliphatic rings. The Labute approximate surface area is 213 Å². The molecule has 0 bridgehead atoms. The zero-order valence-electron chi connectivity index (χ0n) is 19.7. The third-order valence-corrected chi connectivity index (χ3v) is 8.72. The van der Waals surface area contributed by atoms with Crippen LogP contribution in [0.5, 0.6) is 0 Å². The van der Waals surface area contributed by atoms with Gasteiger partial charge in [0.05, 0.1) is 21.7 Å². The van der Waals surface area contributed by atoms with E-state index in [-0.39, 0.29) is 46.7 Å². The number of alkyl halides is 6. The van der Waals surface area contributed by atoms with Crippen LogP contribution in [0, 0.1) is 0 Å². The molecule has 0 radical (unpaired) electrons. The lowest BCUT2D eigenvalue weighted by atomic mass is 10.0. The summed E-state index contributed by atoms with van der Waals surface area (Å²) < 4.78 is 109. The fourth-order valence-corrected chi connectivity index (χ4v) is 6.52. The van der Waals surface area contributed by atoms with Gasteiger partial charge in [-0.1, -0.05) is 25.0 Å². The molecule has 3 aromatic rings. The van der Waals surface area contributed by atoms with Crippen molar-refractivity contribution < 1.29 is 39.6 Å². The number of hydrogen-bond donors (Lipinski definition) is 2. The number of halogens is 6. The van der Waals surface area contributed by atoms with E-state index in [1.54, 1.807) is 9.29 Å². The van der Waals surface area contributed by atoms with E-state index in [0.29, 0.717) is 19.0 Å². The van der Waals surface area contributed by atoms with Crippen LogP contribution in [0.4, 0.5) is 26.3 Å². The van der Waals surface area contributed by atoms with Crippen molar-refractivity contribution in [2.45, 2.75) is 67.4 Å². The highest BCUT2D eigenvalue weighted by molar-refractivity contribution is 7.89. The van der Waals surface area contributed by atoms with Gasteiger partial charge >= 0.3 is 12.4 Å². The first kappa shape index (κ1) is 26.5. The smallest absolute Gasteiger partial charge is 0.366 e. The fourth-order valence-electron chi connectivity index (χ4n) is 5.07. The van der Waals surface area contributed by atoms with E-state index in [1.165, 1.54) is 12.1 Å². The molecule has 5 rings (SSSR count). The predicted octanol–water partition coefficient (Wildman–Crippen LogP) is 5.31. The number of carbonyl (C=O) groups is 1. The van der Waals surface area contributed by atoms with Crippen LogP contribution in [0.2, 0.25) is 0 Å². The van der Waals surface area contributed by atoms with Crippen molar-refractivity contribution in [1.82, 2.24) is 14.3 Å². The van der Waals surface area contributed by atoms with Gasteiger partial charge < -0.3 is 10.3 Å². The Kier molecular flexibility index (Phi) is 6.06. The van der Waals surface area contributed by atoms with Crippen molar-refractivity contribution in [2.24, 2.45) is 5.73 Å². The average molecular weight is 561 g/mol. The summed E-state index contributed by atoms with van der Waals surface area (Å²) in [6.07, 6.45) is -6.49. The van der Waals surface area contributed by atoms with Gasteiger partial charge in [-0.05, 0) is 49.4 Å². The van der Waals surface area contributed by atoms with Crippen LogP contribution in [0.3, 0.4) is 0 Å². The van der Waals surface area contributed by atoms with Gasteiger partial charge in [-0.3, -0.25) is 4.79 Å². The molecule has 2 aromatic heterocycles. The molecule has 0 spiro atoms. The molecular weight excluding hydrogens is 538 g/mol. The summed E-state index contributed by atoms with van der Waals surface area (Å²) in [5.74, 6) is -0.998. The second-order valence-corrected chi connectivity index (χ2v) is 11.4. The van der Waals surface area contributed by atoms with Gasteiger partial charge in [0, 0.05) is 17.6 Å². The molecule has 1 aromatic carbocycles. The van der Waals surface area contributed by atoms with Crippen LogP contribution in [0.1, 0.15) is 60.5 Å². The first-order valence-electron chi connectivity index (χ1n) is 11.8. The molecule has 7 nitrogen and oxygen atoms in total. The molecule has 0 saturated heterocycles. The number of sulfonamides is 1. The van der Waals surface area contributed by atoms with Gasteiger partial charge in [0.2, 0.25) is 10.0 Å². The summed E-state index contributed by atoms with van der Waals surface area (Å²) >= 11 is 0. The molecule has 38 heavy (non-hydrogen) atoms. The molecule has 2 aliphatic carbocycles. The minimum atomic E-state index is -4.75. The number of nitrogens with two attached hydrogens (primary N) is 1. The predicted molar refractivity (Wildman–Crippen MR) is 125 cm³/mol. The number of hydrogen-bond acceptors (Lipinski definition) is 4. The third kappa shape index (κ3) is 4.42. The van der Waals surface area contributed by atoms with E-state index < -0.39 is 44.3 Å². The Morgan fingerprint density at radius 3 is 2.16 bits per heavy atom. The maximum absolute atomic E-state index is 13.4. The molecule has 2 heterocycles. The number of amides is 1. The highest BCUT2D eigenvalue weighted by Gasteiger charge is 2.65. The Morgan fingerprint density at radius 2 is 1.66 bits per heavy atom. The standard InChI is InChI=1S/C24H22F6N4O3S/c25-23(26,27)14-11-17-18(20(31)35)19(34(21(17)32-12-14)15-3-1-2-4-15)13-5-7-16(8-6-13)38(36,37)33-22(9-10-22)24(28,29)30/h5-8,11-12,15,33H,1-4,9-10H2,(H2,31,35). The Balaban J connectivity index is 1.64. The molecule has 1 amide bonds. The first-order valence-corrected chi connectivity index (χ1v) is 13.2. The van der Waals surface area contributed by atoms with E-state index in [4.69, 9.17) is 5.73 Å². The summed E-state index contributed by atoms with van der Waals surface area (Å²) in [4.78, 5) is 16.2. The van der Waals surface area contributed by atoms with Crippen molar-refractivity contribution in [3.63, 3.8) is 0 Å². The maximum Gasteiger partial charge on any atom is 0.417 e. The summed E-state index contributed by atoms with van der Waals surface area (Å²) in [7, 11) is -4.54. The summed E-state index contributed by atoms with van der Waals surface area (Å²) in [5.41, 5.74) is 2.44. The lowest BCUT2D eigenvalue weighted by Gasteiger charge is -2.21. The van der Waals surface area contributed by atoms with E-state index in [1.807, 2.05) is 0 Å². The third-order valence-electron chi connectivity index (χ3n) is 7.17. The maximum atomic E-state index is 13.4. The Morgan fingerprint density at radius 1 is 1.05 bits per heavy atom. The molecule has 0 unspecified atom stereocenters. The monoisotopic (exact) mass is 560 g/mol. The minimum Gasteiger partial charge on any atom is -0.366 e. The fraction of sp³-hybridized carbons (Fsp3) is 0.417. The number of pyridine rings is 1. The largest absolute Gasteiger partial charge is 0.417 e. The van der Waals surface area contributed by atoms with Crippen molar-refractivity contribution >= 4 is 27.0 Å². The SMILES string of the molecule is NC(=O)c1c(-c2ccc(S(=O)(=O)NC3(C(F)(F)F)CC3)cc2)n(C2CCCC2)c2ncc(C(F)(F)F)cc12. The first-order chi connectivity index (χ1) is 17.6. The minimum absolute atomic E-state index is 0.0894. The summed E-state index contributed by atoms with van der Waals surface area (Å²) in [5, 5.41) is -0.0894. The number of aromatic nitrogens is 2. The number of nitrogens with zero attached hydrogens (tertiary/aromatic N) is 2. The second-order valence-electron chi connectivity index (χ2n) is 9.70. The molecule has 0 atom stereocenters. The van der Waals surface area contributed by atoms with E-state index in [2.05, 4.69) is 4.98 Å². The molecule has 2 saturated carbocycles. The Hall–Kier alpha value is -3.13. The van der Waals surface area contributed by atoms with E-state index >= 15 is 0 Å². The van der Waals surface area contributed by atoms with Crippen molar-refractivity contribution in [2.75, 3.05) is 0 Å². The molecular formula is C24H22F6N4O3S. The summed E-state index contributed by atoms with van der Waals surface area (Å²) in [6, 6.07) is 5.36. The highest BCUT2D eigenvalue weighted by atomic mass is 32.2. The number of nitrogens with one attached hydrogen (secondary N) is 1. The lowest BCUT2D eigenvalue weighted by Crippen LogP contribution is -2.47. The van der Waals surface area contributed by atoms with Crippen molar-refractivity contribution in [3.8, 4) is 11.3 Å². The van der Waals surface area contributed by atoms with Crippen LogP contribution in [0.15, 0.2) is 41.4 Å². The van der Waals surface area contributed by atoms with Gasteiger partial charge in [0.25, 0.3) is 5.91 Å². The van der Waals surface area contributed by atoms with Crippen LogP contribution in [0.25, 0.3) is 22.3 Å². The number of fused-ring (bicyclic) bond motifs is 1. The van der Waals surface area contributed by atoms with Gasteiger partial charge in [0.1, 0.15) is 11.2 Å². The number of carbonyl (C=O) groups excluding carboxylic acids is 1. The number of rotatable bonds is 6. The quantitative estimate of drug-likeness (QED) is 0.399. The van der Waals surface area contributed by atoms with E-state index in [0.717, 1.165) is 31.0 Å². The second kappa shape index (κ2) is 8.70. The number of primary amides is 1. The summed E-state index contributed by atoms with van der Waals surface area (Å²) in [6.45, 7) is 0. The van der Waals surface area contributed by atoms with Crippen LogP contribution < -0.4 is 10.5 Å². The molecule has 0 aliphatic heterocycles. The average Bonchev–Trinajstić information content (AvgIpc) is 3.26. The van der Waals surface area contributed by atoms with Crippen LogP contribution in [-0.4, -0.2) is 35.6 Å². The molecule has 14 heteroatoms. The lowest BCUT2D eigenvalue weighted by molar-refractivity contribution is -0.160. The zero-order chi connectivity index (χ0) is 27.7. The molecule has 2 fully saturated rings. The zero-order valence-corrected chi connectivity index (χ0v) is 20.5. The van der Waals surface area contributed by atoms with Gasteiger partial charge in [0.15, 0.2) is 0 Å². The molecule has 3 N–H and O–H groups in total.